The first kappa shape index (κ1) is 13.3. The monoisotopic (exact) mass is 283 g/mol. The number of ether oxygens (including phenoxy) is 1. The van der Waals surface area contributed by atoms with Crippen LogP contribution in [0.4, 0.5) is 0 Å². The number of halogens is 1. The minimum atomic E-state index is 0.902. The molecule has 0 unspecified atom stereocenters. The highest BCUT2D eigenvalue weighted by molar-refractivity contribution is 9.10. The summed E-state index contributed by atoms with van der Waals surface area (Å²) in [6.07, 6.45) is 2.15. The number of nitrogens with one attached hydrogen (secondary N) is 1. The fourth-order valence-corrected chi connectivity index (χ4v) is 1.84. The van der Waals surface area contributed by atoms with Crippen molar-refractivity contribution in [1.29, 1.82) is 0 Å². The lowest BCUT2D eigenvalue weighted by Crippen LogP contribution is -2.14. The first-order chi connectivity index (χ1) is 7.67. The van der Waals surface area contributed by atoms with E-state index in [1.807, 2.05) is 12.1 Å². The predicted molar refractivity (Wildman–Crippen MR) is 72.9 cm³/mol. The topological polar surface area (TPSA) is 21.3 Å². The fourth-order valence-electron chi connectivity index (χ4n) is 1.46. The van der Waals surface area contributed by atoms with Gasteiger partial charge in [0, 0.05) is 16.6 Å². The summed E-state index contributed by atoms with van der Waals surface area (Å²) in [4.78, 5) is 0. The molecule has 1 rings (SSSR count). The van der Waals surface area contributed by atoms with Crippen LogP contribution < -0.4 is 10.1 Å². The molecule has 2 nitrogen and oxygen atoms in total. The van der Waals surface area contributed by atoms with Gasteiger partial charge in [0.2, 0.25) is 0 Å². The molecule has 0 aliphatic carbocycles. The highest BCUT2D eigenvalue weighted by Gasteiger charge is 2.01. The first-order valence-corrected chi connectivity index (χ1v) is 6.18. The highest BCUT2D eigenvalue weighted by Crippen LogP contribution is 2.24. The Morgan fingerprint density at radius 3 is 2.88 bits per heavy atom. The molecule has 0 amide bonds. The van der Waals surface area contributed by atoms with Crippen molar-refractivity contribution in [3.63, 3.8) is 0 Å². The molecule has 0 fully saturated rings. The Kier molecular flexibility index (Phi) is 5.56. The second-order valence-corrected chi connectivity index (χ2v) is 4.57. The minimum Gasteiger partial charge on any atom is -0.496 e. The molecular formula is C13H18BrNO. The van der Waals surface area contributed by atoms with Crippen molar-refractivity contribution in [1.82, 2.24) is 5.32 Å². The molecule has 0 heterocycles. The maximum Gasteiger partial charge on any atom is 0.126 e. The number of methoxy groups -OCH3 is 1. The van der Waals surface area contributed by atoms with Crippen LogP contribution in [-0.4, -0.2) is 20.2 Å². The van der Waals surface area contributed by atoms with Crippen LogP contribution in [0.1, 0.15) is 19.4 Å². The maximum atomic E-state index is 5.32. The van der Waals surface area contributed by atoms with Crippen LogP contribution in [0.25, 0.3) is 6.08 Å². The fraction of sp³-hybridized carbons (Fsp3) is 0.385. The van der Waals surface area contributed by atoms with Gasteiger partial charge in [-0.1, -0.05) is 34.5 Å². The lowest BCUT2D eigenvalue weighted by atomic mass is 10.1. The quantitative estimate of drug-likeness (QED) is 0.894. The van der Waals surface area contributed by atoms with Crippen LogP contribution in [0, 0.1) is 0 Å². The Morgan fingerprint density at radius 1 is 1.50 bits per heavy atom. The Hall–Kier alpha value is -0.800. The van der Waals surface area contributed by atoms with Crippen molar-refractivity contribution in [2.45, 2.75) is 13.8 Å². The summed E-state index contributed by atoms with van der Waals surface area (Å²) in [5.74, 6) is 0.902. The normalized spacial score (nSPS) is 11.6. The molecule has 0 saturated heterocycles. The Morgan fingerprint density at radius 2 is 2.25 bits per heavy atom. The van der Waals surface area contributed by atoms with Gasteiger partial charge in [-0.25, -0.2) is 0 Å². The molecule has 0 aliphatic rings. The van der Waals surface area contributed by atoms with Crippen molar-refractivity contribution in [2.24, 2.45) is 0 Å². The van der Waals surface area contributed by atoms with Crippen LogP contribution in [0.2, 0.25) is 0 Å². The van der Waals surface area contributed by atoms with E-state index in [1.54, 1.807) is 7.11 Å². The van der Waals surface area contributed by atoms with E-state index in [-0.39, 0.29) is 0 Å². The van der Waals surface area contributed by atoms with Gasteiger partial charge >= 0.3 is 0 Å². The zero-order chi connectivity index (χ0) is 12.0. The number of benzene rings is 1. The van der Waals surface area contributed by atoms with E-state index < -0.39 is 0 Å². The van der Waals surface area contributed by atoms with Gasteiger partial charge in [-0.2, -0.15) is 0 Å². The summed E-state index contributed by atoms with van der Waals surface area (Å²) in [5, 5.41) is 3.30. The summed E-state index contributed by atoms with van der Waals surface area (Å²) in [5.41, 5.74) is 2.39. The zero-order valence-electron chi connectivity index (χ0n) is 10.0. The molecule has 16 heavy (non-hydrogen) atoms. The summed E-state index contributed by atoms with van der Waals surface area (Å²) in [7, 11) is 1.69. The van der Waals surface area contributed by atoms with Crippen molar-refractivity contribution in [3.8, 4) is 5.75 Å². The summed E-state index contributed by atoms with van der Waals surface area (Å²) in [6.45, 7) is 6.11. The molecule has 88 valence electrons. The third kappa shape index (κ3) is 3.99. The summed E-state index contributed by atoms with van der Waals surface area (Å²) < 4.78 is 6.39. The Balaban J connectivity index is 2.89. The van der Waals surface area contributed by atoms with Crippen molar-refractivity contribution in [2.75, 3.05) is 20.2 Å². The SMILES string of the molecule is CCNCC(C)=Cc1cc(Br)ccc1OC. The van der Waals surface area contributed by atoms with E-state index in [0.29, 0.717) is 0 Å². The second-order valence-electron chi connectivity index (χ2n) is 3.66. The maximum absolute atomic E-state index is 5.32. The molecule has 0 bridgehead atoms. The third-order valence-corrected chi connectivity index (χ3v) is 2.74. The number of likely N-dealkylation sites (N-methyl/N-ethyl adjacent to an activating group) is 1. The van der Waals surface area contributed by atoms with E-state index in [9.17, 15) is 0 Å². The van der Waals surface area contributed by atoms with Gasteiger partial charge in [0.05, 0.1) is 7.11 Å². The number of hydrogen-bond acceptors (Lipinski definition) is 2. The minimum absolute atomic E-state index is 0.902. The molecule has 0 atom stereocenters. The molecular weight excluding hydrogens is 266 g/mol. The molecule has 0 aromatic heterocycles. The lowest BCUT2D eigenvalue weighted by Gasteiger charge is -2.07. The highest BCUT2D eigenvalue weighted by atomic mass is 79.9. The van der Waals surface area contributed by atoms with E-state index in [0.717, 1.165) is 28.9 Å². The zero-order valence-corrected chi connectivity index (χ0v) is 11.6. The van der Waals surface area contributed by atoms with Gasteiger partial charge in [0.25, 0.3) is 0 Å². The average molecular weight is 284 g/mol. The number of hydrogen-bond donors (Lipinski definition) is 1. The van der Waals surface area contributed by atoms with Crippen molar-refractivity contribution >= 4 is 22.0 Å². The van der Waals surface area contributed by atoms with Gasteiger partial charge in [-0.15, -0.1) is 0 Å². The van der Waals surface area contributed by atoms with E-state index >= 15 is 0 Å². The molecule has 3 heteroatoms. The van der Waals surface area contributed by atoms with Gasteiger partial charge in [-0.05, 0) is 31.7 Å². The van der Waals surface area contributed by atoms with E-state index in [4.69, 9.17) is 4.74 Å². The molecule has 0 saturated carbocycles. The van der Waals surface area contributed by atoms with Gasteiger partial charge in [0.1, 0.15) is 5.75 Å². The largest absolute Gasteiger partial charge is 0.496 e. The smallest absolute Gasteiger partial charge is 0.126 e. The molecule has 1 aromatic rings. The average Bonchev–Trinajstić information content (AvgIpc) is 2.27. The van der Waals surface area contributed by atoms with Crippen molar-refractivity contribution in [3.05, 3.63) is 33.8 Å². The van der Waals surface area contributed by atoms with E-state index in [1.165, 1.54) is 5.57 Å². The van der Waals surface area contributed by atoms with Gasteiger partial charge in [-0.3, -0.25) is 0 Å². The van der Waals surface area contributed by atoms with Crippen LogP contribution in [-0.2, 0) is 0 Å². The predicted octanol–water partition coefficient (Wildman–Crippen LogP) is 3.47. The molecule has 0 spiro atoms. The van der Waals surface area contributed by atoms with Gasteiger partial charge < -0.3 is 10.1 Å². The molecule has 0 aliphatic heterocycles. The van der Waals surface area contributed by atoms with Crippen LogP contribution in [0.15, 0.2) is 28.2 Å². The van der Waals surface area contributed by atoms with Crippen LogP contribution >= 0.6 is 15.9 Å². The number of rotatable bonds is 5. The summed E-state index contributed by atoms with van der Waals surface area (Å²) in [6, 6.07) is 6.01. The molecule has 1 aromatic carbocycles. The Bertz CT molecular complexity index is 374. The van der Waals surface area contributed by atoms with Crippen LogP contribution in [0.5, 0.6) is 5.75 Å². The summed E-state index contributed by atoms with van der Waals surface area (Å²) >= 11 is 3.47. The van der Waals surface area contributed by atoms with Crippen molar-refractivity contribution < 1.29 is 4.74 Å². The van der Waals surface area contributed by atoms with Gasteiger partial charge in [0.15, 0.2) is 0 Å². The van der Waals surface area contributed by atoms with Crippen LogP contribution in [0.3, 0.4) is 0 Å². The lowest BCUT2D eigenvalue weighted by molar-refractivity contribution is 0.413. The third-order valence-electron chi connectivity index (χ3n) is 2.25. The molecule has 1 N–H and O–H groups in total. The second kappa shape index (κ2) is 6.71. The standard InChI is InChI=1S/C13H18BrNO/c1-4-15-9-10(2)7-11-8-12(14)5-6-13(11)16-3/h5-8,15H,4,9H2,1-3H3. The first-order valence-electron chi connectivity index (χ1n) is 5.38. The Labute approximate surface area is 106 Å². The van der Waals surface area contributed by atoms with E-state index in [2.05, 4.69) is 47.2 Å². The molecule has 0 radical (unpaired) electrons.